The highest BCUT2D eigenvalue weighted by Gasteiger charge is 2.26. The molecule has 37 heavy (non-hydrogen) atoms. The SMILES string of the molecule is O=C(CN1CCN(C(=O)c2ccc(Cl)cc2)CC1)N1CCN(CCCc2c[nH]c3ccc(F)cc23)CC1. The van der Waals surface area contributed by atoms with Crippen LogP contribution in [0.15, 0.2) is 48.7 Å². The molecule has 0 aliphatic carbocycles. The Morgan fingerprint density at radius 1 is 0.865 bits per heavy atom. The van der Waals surface area contributed by atoms with E-state index in [1.54, 1.807) is 36.4 Å². The van der Waals surface area contributed by atoms with E-state index < -0.39 is 0 Å². The summed E-state index contributed by atoms with van der Waals surface area (Å²) in [5.74, 6) is -0.0315. The van der Waals surface area contributed by atoms with Gasteiger partial charge in [-0.3, -0.25) is 19.4 Å². The number of nitrogens with zero attached hydrogens (tertiary/aromatic N) is 4. The normalized spacial score (nSPS) is 17.5. The lowest BCUT2D eigenvalue weighted by Gasteiger charge is -2.38. The fourth-order valence-electron chi connectivity index (χ4n) is 5.25. The number of hydrogen-bond donors (Lipinski definition) is 1. The summed E-state index contributed by atoms with van der Waals surface area (Å²) in [6.45, 7) is 7.23. The lowest BCUT2D eigenvalue weighted by molar-refractivity contribution is -0.134. The fourth-order valence-corrected chi connectivity index (χ4v) is 5.37. The van der Waals surface area contributed by atoms with Crippen molar-refractivity contribution in [3.8, 4) is 0 Å². The highest BCUT2D eigenvalue weighted by Crippen LogP contribution is 2.21. The molecule has 196 valence electrons. The molecule has 1 N–H and O–H groups in total. The zero-order chi connectivity index (χ0) is 25.8. The second-order valence-electron chi connectivity index (χ2n) is 9.91. The maximum atomic E-state index is 13.6. The number of carbonyl (C=O) groups is 2. The first kappa shape index (κ1) is 25.7. The molecule has 0 radical (unpaired) electrons. The molecule has 0 saturated carbocycles. The number of halogens is 2. The van der Waals surface area contributed by atoms with E-state index in [0.717, 1.165) is 62.0 Å². The van der Waals surface area contributed by atoms with E-state index in [0.29, 0.717) is 43.3 Å². The summed E-state index contributed by atoms with van der Waals surface area (Å²) in [6.07, 6.45) is 3.87. The third kappa shape index (κ3) is 6.32. The van der Waals surface area contributed by atoms with Crippen molar-refractivity contribution < 1.29 is 14.0 Å². The zero-order valence-corrected chi connectivity index (χ0v) is 21.7. The second-order valence-corrected chi connectivity index (χ2v) is 10.3. The van der Waals surface area contributed by atoms with E-state index in [2.05, 4.69) is 14.8 Å². The first-order chi connectivity index (χ1) is 18.0. The van der Waals surface area contributed by atoms with Gasteiger partial charge in [0, 0.05) is 80.0 Å². The van der Waals surface area contributed by atoms with Crippen LogP contribution in [-0.4, -0.2) is 102 Å². The molecular weight excluding hydrogens is 493 g/mol. The Hall–Kier alpha value is -2.94. The number of benzene rings is 2. The fraction of sp³-hybridized carbons (Fsp3) is 0.429. The number of amides is 2. The average Bonchev–Trinajstić information content (AvgIpc) is 3.31. The van der Waals surface area contributed by atoms with Crippen molar-refractivity contribution in [1.82, 2.24) is 24.6 Å². The van der Waals surface area contributed by atoms with Gasteiger partial charge in [-0.2, -0.15) is 0 Å². The van der Waals surface area contributed by atoms with Crippen molar-refractivity contribution in [3.63, 3.8) is 0 Å². The third-order valence-electron chi connectivity index (χ3n) is 7.48. The van der Waals surface area contributed by atoms with Gasteiger partial charge in [0.25, 0.3) is 5.91 Å². The van der Waals surface area contributed by atoms with E-state index in [1.807, 2.05) is 16.0 Å². The molecule has 0 unspecified atom stereocenters. The van der Waals surface area contributed by atoms with Gasteiger partial charge < -0.3 is 14.8 Å². The highest BCUT2D eigenvalue weighted by atomic mass is 35.5. The van der Waals surface area contributed by atoms with Crippen LogP contribution in [0.2, 0.25) is 5.02 Å². The molecule has 0 bridgehead atoms. The smallest absolute Gasteiger partial charge is 0.253 e. The molecule has 3 heterocycles. The molecule has 2 amide bonds. The summed E-state index contributed by atoms with van der Waals surface area (Å²) in [5.41, 5.74) is 2.76. The minimum atomic E-state index is -0.206. The van der Waals surface area contributed by atoms with Gasteiger partial charge in [0.05, 0.1) is 6.54 Å². The van der Waals surface area contributed by atoms with Crippen LogP contribution in [0.1, 0.15) is 22.3 Å². The molecule has 2 saturated heterocycles. The molecule has 2 fully saturated rings. The number of aromatic nitrogens is 1. The number of fused-ring (bicyclic) bond motifs is 1. The topological polar surface area (TPSA) is 62.9 Å². The summed E-state index contributed by atoms with van der Waals surface area (Å²) in [5, 5.41) is 1.58. The second kappa shape index (κ2) is 11.6. The molecule has 0 spiro atoms. The van der Waals surface area contributed by atoms with Gasteiger partial charge in [-0.05, 0) is 67.4 Å². The quantitative estimate of drug-likeness (QED) is 0.513. The van der Waals surface area contributed by atoms with Gasteiger partial charge in [0.2, 0.25) is 5.91 Å². The van der Waals surface area contributed by atoms with Crippen LogP contribution in [0, 0.1) is 5.82 Å². The number of piperazine rings is 2. The Morgan fingerprint density at radius 2 is 1.54 bits per heavy atom. The maximum absolute atomic E-state index is 13.6. The van der Waals surface area contributed by atoms with E-state index in [1.165, 1.54) is 6.07 Å². The largest absolute Gasteiger partial charge is 0.361 e. The first-order valence-electron chi connectivity index (χ1n) is 13.0. The van der Waals surface area contributed by atoms with Gasteiger partial charge in [0.15, 0.2) is 0 Å². The summed E-state index contributed by atoms with van der Waals surface area (Å²) < 4.78 is 13.6. The van der Waals surface area contributed by atoms with Crippen molar-refractivity contribution in [3.05, 3.63) is 70.6 Å². The molecule has 5 rings (SSSR count). The molecule has 2 aliphatic heterocycles. The molecule has 7 nitrogen and oxygen atoms in total. The Balaban J connectivity index is 1.01. The Bertz CT molecular complexity index is 1230. The molecule has 1 aromatic heterocycles. The highest BCUT2D eigenvalue weighted by molar-refractivity contribution is 6.30. The number of nitrogens with one attached hydrogen (secondary N) is 1. The van der Waals surface area contributed by atoms with Crippen LogP contribution in [0.25, 0.3) is 10.9 Å². The lowest BCUT2D eigenvalue weighted by atomic mass is 10.1. The van der Waals surface area contributed by atoms with Crippen LogP contribution in [0.4, 0.5) is 4.39 Å². The van der Waals surface area contributed by atoms with E-state index >= 15 is 0 Å². The van der Waals surface area contributed by atoms with Crippen molar-refractivity contribution in [2.24, 2.45) is 0 Å². The van der Waals surface area contributed by atoms with Crippen molar-refractivity contribution in [2.45, 2.75) is 12.8 Å². The van der Waals surface area contributed by atoms with Gasteiger partial charge in [-0.1, -0.05) is 11.6 Å². The van der Waals surface area contributed by atoms with Crippen LogP contribution in [0.3, 0.4) is 0 Å². The summed E-state index contributed by atoms with van der Waals surface area (Å²) >= 11 is 5.92. The van der Waals surface area contributed by atoms with Crippen LogP contribution < -0.4 is 0 Å². The number of hydrogen-bond acceptors (Lipinski definition) is 4. The molecule has 9 heteroatoms. The maximum Gasteiger partial charge on any atom is 0.253 e. The van der Waals surface area contributed by atoms with Crippen LogP contribution in [-0.2, 0) is 11.2 Å². The van der Waals surface area contributed by atoms with Gasteiger partial charge in [0.1, 0.15) is 5.82 Å². The standard InChI is InChI=1S/C28H33ClFN5O2/c29-23-5-3-21(4-6-23)28(37)35-16-12-33(13-17-35)20-27(36)34-14-10-32(11-15-34)9-1-2-22-19-31-26-8-7-24(30)18-25(22)26/h3-8,18-19,31H,1-2,9-17,20H2. The number of carbonyl (C=O) groups excluding carboxylic acids is 2. The van der Waals surface area contributed by atoms with E-state index in [4.69, 9.17) is 11.6 Å². The number of aromatic amines is 1. The van der Waals surface area contributed by atoms with E-state index in [-0.39, 0.29) is 17.6 Å². The molecule has 3 aromatic rings. The third-order valence-corrected chi connectivity index (χ3v) is 7.74. The first-order valence-corrected chi connectivity index (χ1v) is 13.4. The Morgan fingerprint density at radius 3 is 2.27 bits per heavy atom. The molecular formula is C28H33ClFN5O2. The van der Waals surface area contributed by atoms with Crippen LogP contribution >= 0.6 is 11.6 Å². The molecule has 2 aliphatic rings. The monoisotopic (exact) mass is 525 g/mol. The minimum Gasteiger partial charge on any atom is -0.361 e. The zero-order valence-electron chi connectivity index (χ0n) is 21.0. The van der Waals surface area contributed by atoms with Crippen molar-refractivity contribution in [2.75, 3.05) is 65.4 Å². The van der Waals surface area contributed by atoms with Gasteiger partial charge >= 0.3 is 0 Å². The van der Waals surface area contributed by atoms with Gasteiger partial charge in [-0.15, -0.1) is 0 Å². The average molecular weight is 526 g/mol. The Kier molecular flexibility index (Phi) is 8.08. The Labute approximate surface area is 221 Å². The summed E-state index contributed by atoms with van der Waals surface area (Å²) in [6, 6.07) is 11.8. The van der Waals surface area contributed by atoms with Crippen molar-refractivity contribution >= 4 is 34.3 Å². The number of aryl methyl sites for hydroxylation is 1. The van der Waals surface area contributed by atoms with E-state index in [9.17, 15) is 14.0 Å². The predicted molar refractivity (Wildman–Crippen MR) is 143 cm³/mol. The molecule has 0 atom stereocenters. The lowest BCUT2D eigenvalue weighted by Crippen LogP contribution is -2.54. The predicted octanol–water partition coefficient (Wildman–Crippen LogP) is 3.50. The van der Waals surface area contributed by atoms with Gasteiger partial charge in [-0.25, -0.2) is 4.39 Å². The summed E-state index contributed by atoms with van der Waals surface area (Å²) in [7, 11) is 0. The summed E-state index contributed by atoms with van der Waals surface area (Å²) in [4.78, 5) is 37.2. The van der Waals surface area contributed by atoms with Crippen LogP contribution in [0.5, 0.6) is 0 Å². The van der Waals surface area contributed by atoms with Crippen molar-refractivity contribution in [1.29, 1.82) is 0 Å². The number of rotatable bonds is 7. The minimum absolute atomic E-state index is 0.00984. The number of H-pyrrole nitrogens is 1. The molecule has 2 aromatic carbocycles.